The van der Waals surface area contributed by atoms with E-state index in [9.17, 15) is 32.8 Å². The maximum atomic E-state index is 12.8. The second-order valence-electron chi connectivity index (χ2n) is 12.7. The quantitative estimate of drug-likeness (QED) is 0.0419. The molecule has 3 N–H and O–H groups in total. The van der Waals surface area contributed by atoms with Crippen LogP contribution in [0, 0.1) is 0 Å². The van der Waals surface area contributed by atoms with Gasteiger partial charge in [-0.25, -0.2) is 4.18 Å². The number of aliphatic hydroxyl groups is 2. The highest BCUT2D eigenvalue weighted by Crippen LogP contribution is 2.29. The largest absolute Gasteiger partial charge is 0.455 e. The molecule has 0 aliphatic carbocycles. The number of carbonyl (C=O) groups excluding carboxylic acids is 2. The van der Waals surface area contributed by atoms with Gasteiger partial charge in [-0.05, 0) is 12.8 Å². The third kappa shape index (κ3) is 20.8. The van der Waals surface area contributed by atoms with Crippen molar-refractivity contribution in [2.24, 2.45) is 0 Å². The Morgan fingerprint density at radius 2 is 0.935 bits per heavy atom. The average Bonchev–Trinajstić information content (AvgIpc) is 3.01. The van der Waals surface area contributed by atoms with Crippen LogP contribution in [0.15, 0.2) is 0 Å². The van der Waals surface area contributed by atoms with Crippen LogP contribution in [-0.4, -0.2) is 72.4 Å². The fourth-order valence-corrected chi connectivity index (χ4v) is 6.36. The summed E-state index contributed by atoms with van der Waals surface area (Å²) in [6, 6.07) is 0. The van der Waals surface area contributed by atoms with E-state index in [0.717, 1.165) is 51.4 Å². The van der Waals surface area contributed by atoms with Crippen molar-refractivity contribution in [3.8, 4) is 0 Å². The molecule has 1 fully saturated rings. The lowest BCUT2D eigenvalue weighted by Crippen LogP contribution is -2.62. The first-order valence-electron chi connectivity index (χ1n) is 18.1. The zero-order valence-electron chi connectivity index (χ0n) is 28.6. The molecule has 0 spiro atoms. The molecule has 0 aromatic carbocycles. The van der Waals surface area contributed by atoms with Crippen molar-refractivity contribution in [3.63, 3.8) is 0 Å². The average molecular weight is 681 g/mol. The summed E-state index contributed by atoms with van der Waals surface area (Å²) in [6.45, 7) is 3.59. The summed E-state index contributed by atoms with van der Waals surface area (Å²) >= 11 is 0. The Bertz CT molecular complexity index is 882. The Morgan fingerprint density at radius 1 is 0.587 bits per heavy atom. The summed E-state index contributed by atoms with van der Waals surface area (Å²) in [5.74, 6) is -1.38. The van der Waals surface area contributed by atoms with Crippen LogP contribution in [0.4, 0.5) is 0 Å². The summed E-state index contributed by atoms with van der Waals surface area (Å²) in [5.41, 5.74) is 0. The predicted octanol–water partition coefficient (Wildman–Crippen LogP) is 7.11. The van der Waals surface area contributed by atoms with E-state index in [2.05, 4.69) is 13.8 Å². The zero-order valence-corrected chi connectivity index (χ0v) is 29.4. The van der Waals surface area contributed by atoms with Crippen molar-refractivity contribution in [3.05, 3.63) is 0 Å². The standard InChI is InChI=1S/C34H64O11S/c1-3-5-7-9-11-13-15-17-19-21-23-25-29(36)43-32-31(45-46(39,40)41)28(27-35)42-34(38)33(32)44-30(37)26-24-22-20-18-16-14-12-10-8-6-4-2/h28,31-35,38H,3-27H2,1-2H3,(H,39,40,41)/t28-,31-,32+,33+,34+/m1/s1. The van der Waals surface area contributed by atoms with E-state index < -0.39 is 59.7 Å². The first-order valence-corrected chi connectivity index (χ1v) is 19.5. The number of unbranched alkanes of at least 4 members (excludes halogenated alkanes) is 20. The smallest absolute Gasteiger partial charge is 0.397 e. The number of carbonyl (C=O) groups is 2. The first kappa shape index (κ1) is 42.7. The molecule has 5 atom stereocenters. The second-order valence-corrected chi connectivity index (χ2v) is 13.8. The highest BCUT2D eigenvalue weighted by molar-refractivity contribution is 7.80. The Kier molecular flexibility index (Phi) is 24.7. The lowest BCUT2D eigenvalue weighted by molar-refractivity contribution is -0.289. The van der Waals surface area contributed by atoms with E-state index in [1.54, 1.807) is 0 Å². The van der Waals surface area contributed by atoms with Crippen molar-refractivity contribution >= 4 is 22.3 Å². The third-order valence-electron chi connectivity index (χ3n) is 8.53. The van der Waals surface area contributed by atoms with Crippen LogP contribution in [0.5, 0.6) is 0 Å². The van der Waals surface area contributed by atoms with Gasteiger partial charge in [0.15, 0.2) is 18.5 Å². The molecule has 12 heteroatoms. The van der Waals surface area contributed by atoms with E-state index >= 15 is 0 Å². The fourth-order valence-electron chi connectivity index (χ4n) is 5.85. The van der Waals surface area contributed by atoms with Gasteiger partial charge in [-0.3, -0.25) is 14.1 Å². The van der Waals surface area contributed by atoms with E-state index in [4.69, 9.17) is 18.4 Å². The van der Waals surface area contributed by atoms with Gasteiger partial charge in [0.25, 0.3) is 0 Å². The van der Waals surface area contributed by atoms with Crippen molar-refractivity contribution < 1.29 is 51.2 Å². The summed E-state index contributed by atoms with van der Waals surface area (Å²) in [4.78, 5) is 25.5. The fraction of sp³-hybridized carbons (Fsp3) is 0.941. The molecule has 1 heterocycles. The predicted molar refractivity (Wildman–Crippen MR) is 176 cm³/mol. The molecule has 0 aromatic heterocycles. The van der Waals surface area contributed by atoms with Crippen molar-refractivity contribution in [2.45, 2.75) is 199 Å². The molecule has 1 saturated heterocycles. The summed E-state index contributed by atoms with van der Waals surface area (Å²) < 4.78 is 53.4. The summed E-state index contributed by atoms with van der Waals surface area (Å²) in [7, 11) is -5.08. The molecule has 0 amide bonds. The molecule has 1 aliphatic rings. The Balaban J connectivity index is 2.57. The van der Waals surface area contributed by atoms with Crippen LogP contribution < -0.4 is 0 Å². The molecular weight excluding hydrogens is 616 g/mol. The third-order valence-corrected chi connectivity index (χ3v) is 8.99. The Hall–Kier alpha value is -1.31. The van der Waals surface area contributed by atoms with Crippen LogP contribution >= 0.6 is 0 Å². The number of aliphatic hydroxyl groups excluding tert-OH is 2. The number of ether oxygens (including phenoxy) is 3. The van der Waals surface area contributed by atoms with Gasteiger partial charge in [0.2, 0.25) is 0 Å². The molecule has 0 bridgehead atoms. The van der Waals surface area contributed by atoms with Gasteiger partial charge in [-0.1, -0.05) is 142 Å². The topological polar surface area (TPSA) is 166 Å². The van der Waals surface area contributed by atoms with Crippen molar-refractivity contribution in [1.82, 2.24) is 0 Å². The minimum Gasteiger partial charge on any atom is -0.455 e. The minimum atomic E-state index is -5.08. The van der Waals surface area contributed by atoms with E-state index in [-0.39, 0.29) is 12.8 Å². The van der Waals surface area contributed by atoms with Crippen molar-refractivity contribution in [1.29, 1.82) is 0 Å². The maximum absolute atomic E-state index is 12.8. The van der Waals surface area contributed by atoms with Gasteiger partial charge >= 0.3 is 22.3 Å². The molecular formula is C34H64O11S. The molecule has 11 nitrogen and oxygen atoms in total. The van der Waals surface area contributed by atoms with Crippen LogP contribution in [0.25, 0.3) is 0 Å². The molecule has 0 aromatic rings. The van der Waals surface area contributed by atoms with Crippen LogP contribution in [-0.2, 0) is 38.4 Å². The molecule has 272 valence electrons. The maximum Gasteiger partial charge on any atom is 0.397 e. The summed E-state index contributed by atoms with van der Waals surface area (Å²) in [5, 5.41) is 20.3. The molecule has 0 radical (unpaired) electrons. The number of esters is 2. The number of hydrogen-bond donors (Lipinski definition) is 3. The number of hydrogen-bond acceptors (Lipinski definition) is 10. The summed E-state index contributed by atoms with van der Waals surface area (Å²) in [6.07, 6.45) is 16.1. The van der Waals surface area contributed by atoms with E-state index in [1.807, 2.05) is 0 Å². The SMILES string of the molecule is CCCCCCCCCCCCCC(=O)O[C@@H]1[C@H](OC(=O)CCCCCCCCCCCCC)[C@@H](O)O[C@H](CO)[C@H]1OS(=O)(=O)O. The minimum absolute atomic E-state index is 0.0201. The molecule has 0 saturated carbocycles. The highest BCUT2D eigenvalue weighted by Gasteiger charge is 2.52. The van der Waals surface area contributed by atoms with Gasteiger partial charge in [-0.2, -0.15) is 8.42 Å². The zero-order chi connectivity index (χ0) is 34.0. The van der Waals surface area contributed by atoms with Gasteiger partial charge in [0.05, 0.1) is 6.61 Å². The van der Waals surface area contributed by atoms with Crippen LogP contribution in [0.1, 0.15) is 168 Å². The molecule has 46 heavy (non-hydrogen) atoms. The van der Waals surface area contributed by atoms with Gasteiger partial charge in [-0.15, -0.1) is 0 Å². The molecule has 0 unspecified atom stereocenters. The molecule has 1 aliphatic heterocycles. The second kappa shape index (κ2) is 26.6. The van der Waals surface area contributed by atoms with E-state index in [1.165, 1.54) is 77.0 Å². The first-order chi connectivity index (χ1) is 22.1. The number of rotatable bonds is 29. The van der Waals surface area contributed by atoms with Crippen LogP contribution in [0.3, 0.4) is 0 Å². The Morgan fingerprint density at radius 3 is 1.28 bits per heavy atom. The van der Waals surface area contributed by atoms with Gasteiger partial charge in [0, 0.05) is 12.8 Å². The Labute approximate surface area is 278 Å². The molecule has 1 rings (SSSR count). The van der Waals surface area contributed by atoms with Gasteiger partial charge in [0.1, 0.15) is 12.2 Å². The van der Waals surface area contributed by atoms with Crippen LogP contribution in [0.2, 0.25) is 0 Å². The highest BCUT2D eigenvalue weighted by atomic mass is 32.3. The van der Waals surface area contributed by atoms with E-state index in [0.29, 0.717) is 12.8 Å². The normalized spacial score (nSPS) is 21.7. The lowest BCUT2D eigenvalue weighted by Gasteiger charge is -2.42. The monoisotopic (exact) mass is 680 g/mol. The lowest BCUT2D eigenvalue weighted by atomic mass is 9.98. The van der Waals surface area contributed by atoms with Crippen molar-refractivity contribution in [2.75, 3.05) is 6.61 Å². The van der Waals surface area contributed by atoms with Gasteiger partial charge < -0.3 is 24.4 Å².